The van der Waals surface area contributed by atoms with E-state index in [1.165, 1.54) is 12.1 Å². The van der Waals surface area contributed by atoms with Crippen molar-refractivity contribution < 1.29 is 14.0 Å². The minimum atomic E-state index is -0.271. The van der Waals surface area contributed by atoms with Gasteiger partial charge in [0.2, 0.25) is 0 Å². The molecule has 3 aromatic carbocycles. The van der Waals surface area contributed by atoms with Gasteiger partial charge in [-0.1, -0.05) is 18.7 Å². The van der Waals surface area contributed by atoms with Gasteiger partial charge in [-0.3, -0.25) is 0 Å². The zero-order valence-corrected chi connectivity index (χ0v) is 19.3. The molecule has 0 aliphatic rings. The molecule has 176 valence electrons. The van der Waals surface area contributed by atoms with Crippen LogP contribution < -0.4 is 16.0 Å². The molecule has 0 fully saturated rings. The first-order valence-corrected chi connectivity index (χ1v) is 10.3. The van der Waals surface area contributed by atoms with Crippen molar-refractivity contribution in [3.8, 4) is 5.69 Å². The lowest BCUT2D eigenvalue weighted by Gasteiger charge is -2.14. The molecule has 0 atom stereocenters. The first-order valence-electron chi connectivity index (χ1n) is 10.3. The average Bonchev–Trinajstić information content (AvgIpc) is 3.33. The van der Waals surface area contributed by atoms with Gasteiger partial charge in [-0.05, 0) is 54.1 Å². The van der Waals surface area contributed by atoms with E-state index in [9.17, 15) is 4.39 Å². The van der Waals surface area contributed by atoms with Crippen molar-refractivity contribution in [2.75, 3.05) is 24.7 Å². The number of halogens is 1. The molecule has 1 aromatic heterocycles. The first kappa shape index (κ1) is 25.8. The molecule has 7 nitrogen and oxygen atoms in total. The monoisotopic (exact) mass is 461 g/mol. The van der Waals surface area contributed by atoms with Crippen LogP contribution in [0.2, 0.25) is 0 Å². The van der Waals surface area contributed by atoms with Crippen LogP contribution in [0.25, 0.3) is 22.3 Å². The molecule has 0 aliphatic heterocycles. The minimum absolute atomic E-state index is 0.271. The lowest BCUT2D eigenvalue weighted by atomic mass is 10.1. The highest BCUT2D eigenvalue weighted by atomic mass is 19.1. The van der Waals surface area contributed by atoms with Crippen molar-refractivity contribution >= 4 is 41.6 Å². The molecule has 0 saturated heterocycles. The van der Waals surface area contributed by atoms with Crippen LogP contribution in [-0.4, -0.2) is 37.5 Å². The number of carbonyl (C=O) groups excluding carboxylic acids is 2. The molecule has 0 aliphatic carbocycles. The van der Waals surface area contributed by atoms with Gasteiger partial charge in [-0.15, -0.1) is 0 Å². The Morgan fingerprint density at radius 1 is 0.912 bits per heavy atom. The molecule has 3 N–H and O–H groups in total. The number of carbonyl (C=O) groups is 2. The average molecular weight is 462 g/mol. The lowest BCUT2D eigenvalue weighted by Crippen LogP contribution is -2.11. The fraction of sp³-hybridized carbons (Fsp3) is 0.115. The molecule has 4 aromatic rings. The van der Waals surface area contributed by atoms with Crippen LogP contribution in [0.5, 0.6) is 0 Å². The predicted octanol–water partition coefficient (Wildman–Crippen LogP) is 4.64. The van der Waals surface area contributed by atoms with E-state index in [0.717, 1.165) is 44.8 Å². The van der Waals surface area contributed by atoms with Gasteiger partial charge in [-0.2, -0.15) is 5.10 Å². The van der Waals surface area contributed by atoms with E-state index in [4.69, 9.17) is 9.59 Å². The van der Waals surface area contributed by atoms with E-state index in [1.807, 2.05) is 56.8 Å². The Morgan fingerprint density at radius 3 is 2.12 bits per heavy atom. The molecule has 0 bridgehead atoms. The molecular weight excluding hydrogens is 433 g/mol. The Balaban J connectivity index is 0.000000970. The summed E-state index contributed by atoms with van der Waals surface area (Å²) < 4.78 is 15.1. The highest BCUT2D eigenvalue weighted by Gasteiger charge is 2.13. The van der Waals surface area contributed by atoms with Crippen LogP contribution in [-0.2, 0) is 16.1 Å². The van der Waals surface area contributed by atoms with Gasteiger partial charge in [0.25, 0.3) is 0 Å². The van der Waals surface area contributed by atoms with Crippen molar-refractivity contribution in [3.05, 3.63) is 90.4 Å². The number of hydrogen-bond donors (Lipinski definition) is 3. The van der Waals surface area contributed by atoms with E-state index >= 15 is 0 Å². The van der Waals surface area contributed by atoms with Crippen molar-refractivity contribution in [1.82, 2.24) is 15.1 Å². The van der Waals surface area contributed by atoms with Crippen LogP contribution in [0.15, 0.2) is 73.4 Å². The lowest BCUT2D eigenvalue weighted by molar-refractivity contribution is -0.0987. The zero-order valence-electron chi connectivity index (χ0n) is 19.3. The zero-order chi connectivity index (χ0) is 25.1. The van der Waals surface area contributed by atoms with E-state index < -0.39 is 0 Å². The van der Waals surface area contributed by atoms with Crippen LogP contribution in [0.3, 0.4) is 0 Å². The number of benzene rings is 3. The van der Waals surface area contributed by atoms with Crippen molar-refractivity contribution in [1.29, 1.82) is 0 Å². The van der Waals surface area contributed by atoms with E-state index in [1.54, 1.807) is 12.1 Å². The van der Waals surface area contributed by atoms with Gasteiger partial charge in [0.1, 0.15) is 19.4 Å². The Bertz CT molecular complexity index is 1220. The van der Waals surface area contributed by atoms with Crippen LogP contribution in [0, 0.1) is 5.82 Å². The van der Waals surface area contributed by atoms with Gasteiger partial charge in [0, 0.05) is 48.7 Å². The standard InChI is InChI=1S/C24H24FN5.2CH2O/c1-16(28-14-17-4-8-19(26-2)9-5-17)22-12-20(27-3)13-24-23(22)15-29-30(24)21-10-6-18(25)7-11-21;2*1-2/h4-13,15,26-28H,1,14H2,2-3H3;2*1H2. The van der Waals surface area contributed by atoms with Gasteiger partial charge in [-0.25, -0.2) is 9.07 Å². The molecule has 34 heavy (non-hydrogen) atoms. The number of rotatable bonds is 7. The second kappa shape index (κ2) is 12.5. The van der Waals surface area contributed by atoms with Gasteiger partial charge >= 0.3 is 0 Å². The molecule has 0 spiro atoms. The summed E-state index contributed by atoms with van der Waals surface area (Å²) >= 11 is 0. The number of fused-ring (bicyclic) bond motifs is 1. The summed E-state index contributed by atoms with van der Waals surface area (Å²) in [6.07, 6.45) is 1.82. The largest absolute Gasteiger partial charge is 0.388 e. The third-order valence-corrected chi connectivity index (χ3v) is 5.12. The second-order valence-electron chi connectivity index (χ2n) is 7.02. The van der Waals surface area contributed by atoms with Crippen LogP contribution in [0.4, 0.5) is 15.8 Å². The summed E-state index contributed by atoms with van der Waals surface area (Å²) in [7, 11) is 3.78. The third kappa shape index (κ3) is 5.86. The summed E-state index contributed by atoms with van der Waals surface area (Å²) in [6, 6.07) is 18.6. The number of nitrogens with zero attached hydrogens (tertiary/aromatic N) is 2. The highest BCUT2D eigenvalue weighted by Crippen LogP contribution is 2.29. The van der Waals surface area contributed by atoms with Crippen molar-refractivity contribution in [3.63, 3.8) is 0 Å². The first-order chi connectivity index (χ1) is 16.6. The summed E-state index contributed by atoms with van der Waals surface area (Å²) in [4.78, 5) is 16.0. The predicted molar refractivity (Wildman–Crippen MR) is 137 cm³/mol. The topological polar surface area (TPSA) is 88.0 Å². The van der Waals surface area contributed by atoms with E-state index in [0.29, 0.717) is 6.54 Å². The van der Waals surface area contributed by atoms with Gasteiger partial charge < -0.3 is 25.5 Å². The van der Waals surface area contributed by atoms with Crippen molar-refractivity contribution in [2.24, 2.45) is 0 Å². The fourth-order valence-corrected chi connectivity index (χ4v) is 3.40. The normalized spacial score (nSPS) is 9.74. The second-order valence-corrected chi connectivity index (χ2v) is 7.02. The number of hydrogen-bond acceptors (Lipinski definition) is 6. The van der Waals surface area contributed by atoms with Gasteiger partial charge in [0.15, 0.2) is 0 Å². The molecular formula is C26H28FN5O2. The maximum absolute atomic E-state index is 13.3. The molecule has 1 heterocycles. The van der Waals surface area contributed by atoms with Crippen molar-refractivity contribution in [2.45, 2.75) is 6.54 Å². The third-order valence-electron chi connectivity index (χ3n) is 5.12. The number of nitrogens with one attached hydrogen (secondary N) is 3. The summed E-state index contributed by atoms with van der Waals surface area (Å²) in [5.41, 5.74) is 6.69. The molecule has 4 rings (SSSR count). The summed E-state index contributed by atoms with van der Waals surface area (Å²) in [5.74, 6) is -0.271. The fourth-order valence-electron chi connectivity index (χ4n) is 3.40. The molecule has 0 amide bonds. The maximum atomic E-state index is 13.3. The Hall–Kier alpha value is -4.46. The van der Waals surface area contributed by atoms with Crippen LogP contribution >= 0.6 is 0 Å². The molecule has 8 heteroatoms. The Morgan fingerprint density at radius 2 is 1.53 bits per heavy atom. The van der Waals surface area contributed by atoms with E-state index in [-0.39, 0.29) is 5.82 Å². The Labute approximate surface area is 198 Å². The Kier molecular flexibility index (Phi) is 9.52. The minimum Gasteiger partial charge on any atom is -0.388 e. The summed E-state index contributed by atoms with van der Waals surface area (Å²) in [6.45, 7) is 8.92. The van der Waals surface area contributed by atoms with Gasteiger partial charge in [0.05, 0.1) is 17.4 Å². The summed E-state index contributed by atoms with van der Waals surface area (Å²) in [5, 5.41) is 15.3. The SMILES string of the molecule is C=C(NCc1ccc(NC)cc1)c1cc(NC)cc2c1cnn2-c1ccc(F)cc1.C=O.C=O. The smallest absolute Gasteiger partial charge is 0.123 e. The van der Waals surface area contributed by atoms with E-state index in [2.05, 4.69) is 45.8 Å². The number of anilines is 2. The highest BCUT2D eigenvalue weighted by molar-refractivity contribution is 5.94. The van der Waals surface area contributed by atoms with Crippen LogP contribution in [0.1, 0.15) is 11.1 Å². The maximum Gasteiger partial charge on any atom is 0.123 e. The molecule has 0 radical (unpaired) electrons. The molecule has 0 unspecified atom stereocenters. The quantitative estimate of drug-likeness (QED) is 0.372. The number of aromatic nitrogens is 2. The molecule has 0 saturated carbocycles.